The van der Waals surface area contributed by atoms with Gasteiger partial charge in [0.1, 0.15) is 0 Å². The van der Waals surface area contributed by atoms with Gasteiger partial charge in [-0.3, -0.25) is 4.98 Å². The zero-order valence-corrected chi connectivity index (χ0v) is 9.33. The molecule has 1 atom stereocenters. The Morgan fingerprint density at radius 3 is 3.14 bits per heavy atom. The molecule has 1 aliphatic rings. The van der Waals surface area contributed by atoms with E-state index in [2.05, 4.69) is 29.1 Å². The minimum atomic E-state index is 0.807. The highest BCUT2D eigenvalue weighted by molar-refractivity contribution is 7.99. The van der Waals surface area contributed by atoms with Gasteiger partial charge in [-0.1, -0.05) is 6.07 Å². The van der Waals surface area contributed by atoms with E-state index >= 15 is 0 Å². The van der Waals surface area contributed by atoms with Crippen molar-refractivity contribution in [1.82, 2.24) is 9.88 Å². The highest BCUT2D eigenvalue weighted by atomic mass is 32.2. The summed E-state index contributed by atoms with van der Waals surface area (Å²) in [6.45, 7) is 2.48. The molecule has 0 amide bonds. The Kier molecular flexibility index (Phi) is 3.43. The topological polar surface area (TPSA) is 16.1 Å². The molecule has 1 fully saturated rings. The monoisotopic (exact) mass is 208 g/mol. The molecule has 1 saturated heterocycles. The number of pyridine rings is 1. The summed E-state index contributed by atoms with van der Waals surface area (Å²) in [6, 6.07) is 6.13. The highest BCUT2D eigenvalue weighted by Gasteiger charge is 2.19. The van der Waals surface area contributed by atoms with Crippen LogP contribution < -0.4 is 0 Å². The van der Waals surface area contributed by atoms with Gasteiger partial charge in [0.15, 0.2) is 0 Å². The third-order valence-corrected chi connectivity index (χ3v) is 3.86. The maximum atomic E-state index is 4.32. The highest BCUT2D eigenvalue weighted by Crippen LogP contribution is 2.24. The van der Waals surface area contributed by atoms with E-state index in [9.17, 15) is 0 Å². The van der Waals surface area contributed by atoms with E-state index in [1.807, 2.05) is 24.0 Å². The summed E-state index contributed by atoms with van der Waals surface area (Å²) in [6.07, 6.45) is 3.20. The van der Waals surface area contributed by atoms with Crippen molar-refractivity contribution in [2.24, 2.45) is 0 Å². The van der Waals surface area contributed by atoms with Gasteiger partial charge in [-0.25, -0.2) is 0 Å². The number of thioether (sulfide) groups is 1. The predicted molar refractivity (Wildman–Crippen MR) is 61.4 cm³/mol. The Hall–Kier alpha value is -0.540. The maximum Gasteiger partial charge on any atom is 0.0502 e. The van der Waals surface area contributed by atoms with E-state index in [0.29, 0.717) is 0 Å². The molecule has 1 unspecified atom stereocenters. The van der Waals surface area contributed by atoms with E-state index < -0.39 is 0 Å². The van der Waals surface area contributed by atoms with Crippen LogP contribution in [0.2, 0.25) is 0 Å². The van der Waals surface area contributed by atoms with Gasteiger partial charge in [-0.2, -0.15) is 11.8 Å². The van der Waals surface area contributed by atoms with Crippen LogP contribution in [0.1, 0.15) is 12.1 Å². The molecular weight excluding hydrogens is 192 g/mol. The second-order valence-corrected chi connectivity index (χ2v) is 5.09. The van der Waals surface area contributed by atoms with Crippen molar-refractivity contribution in [3.63, 3.8) is 0 Å². The van der Waals surface area contributed by atoms with Gasteiger partial charge in [0.2, 0.25) is 0 Å². The second kappa shape index (κ2) is 4.80. The summed E-state index contributed by atoms with van der Waals surface area (Å²) >= 11 is 2.04. The maximum absolute atomic E-state index is 4.32. The first kappa shape index (κ1) is 9.99. The van der Waals surface area contributed by atoms with E-state index in [4.69, 9.17) is 0 Å². The van der Waals surface area contributed by atoms with Gasteiger partial charge in [0, 0.05) is 23.7 Å². The van der Waals surface area contributed by atoms with Crippen molar-refractivity contribution in [2.45, 2.75) is 17.4 Å². The summed E-state index contributed by atoms with van der Waals surface area (Å²) in [5.41, 5.74) is 1.20. The molecule has 2 heterocycles. The lowest BCUT2D eigenvalue weighted by Crippen LogP contribution is -2.14. The van der Waals surface area contributed by atoms with Crippen molar-refractivity contribution >= 4 is 11.8 Å². The van der Waals surface area contributed by atoms with Crippen molar-refractivity contribution < 1.29 is 0 Å². The second-order valence-electron chi connectivity index (χ2n) is 3.81. The van der Waals surface area contributed by atoms with Gasteiger partial charge in [0.25, 0.3) is 0 Å². The van der Waals surface area contributed by atoms with Crippen molar-refractivity contribution in [3.8, 4) is 0 Å². The third kappa shape index (κ3) is 2.72. The quantitative estimate of drug-likeness (QED) is 0.756. The fraction of sp³-hybridized carbons (Fsp3) is 0.545. The lowest BCUT2D eigenvalue weighted by atomic mass is 10.4. The van der Waals surface area contributed by atoms with Crippen molar-refractivity contribution in [2.75, 3.05) is 20.1 Å². The number of rotatable bonds is 3. The molecule has 0 bridgehead atoms. The Morgan fingerprint density at radius 2 is 2.50 bits per heavy atom. The number of hydrogen-bond acceptors (Lipinski definition) is 3. The largest absolute Gasteiger partial charge is 0.305 e. The Balaban J connectivity index is 1.78. The lowest BCUT2D eigenvalue weighted by molar-refractivity contribution is 0.419. The van der Waals surface area contributed by atoms with Gasteiger partial charge >= 0.3 is 0 Å². The zero-order valence-electron chi connectivity index (χ0n) is 8.52. The number of aromatic nitrogens is 1. The van der Waals surface area contributed by atoms with E-state index in [1.165, 1.54) is 25.2 Å². The molecule has 0 N–H and O–H groups in total. The number of hydrogen-bond donors (Lipinski definition) is 0. The Morgan fingerprint density at radius 1 is 1.57 bits per heavy atom. The first-order valence-electron chi connectivity index (χ1n) is 5.04. The lowest BCUT2D eigenvalue weighted by Gasteiger charge is -2.09. The molecule has 0 radical (unpaired) electrons. The first-order chi connectivity index (χ1) is 6.84. The Bertz CT molecular complexity index is 276. The summed E-state index contributed by atoms with van der Waals surface area (Å²) in [7, 11) is 2.20. The van der Waals surface area contributed by atoms with Crippen molar-refractivity contribution in [3.05, 3.63) is 30.1 Å². The van der Waals surface area contributed by atoms with Crippen LogP contribution in [0.15, 0.2) is 24.4 Å². The van der Waals surface area contributed by atoms with Crippen LogP contribution >= 0.6 is 11.8 Å². The van der Waals surface area contributed by atoms with Gasteiger partial charge in [0.05, 0.1) is 5.69 Å². The van der Waals surface area contributed by atoms with E-state index in [0.717, 1.165) is 11.0 Å². The minimum Gasteiger partial charge on any atom is -0.305 e. The average Bonchev–Trinajstić information content (AvgIpc) is 2.63. The molecule has 2 rings (SSSR count). The predicted octanol–water partition coefficient (Wildman–Crippen LogP) is 2.02. The molecular formula is C11H16N2S. The average molecular weight is 208 g/mol. The van der Waals surface area contributed by atoms with Crippen LogP contribution in [0.4, 0.5) is 0 Å². The van der Waals surface area contributed by atoms with Crippen LogP contribution in [0, 0.1) is 0 Å². The van der Waals surface area contributed by atoms with Crippen LogP contribution in [-0.4, -0.2) is 35.3 Å². The van der Waals surface area contributed by atoms with Crippen LogP contribution in [0.25, 0.3) is 0 Å². The van der Waals surface area contributed by atoms with Crippen molar-refractivity contribution in [1.29, 1.82) is 0 Å². The molecule has 0 aliphatic carbocycles. The van der Waals surface area contributed by atoms with Crippen LogP contribution in [-0.2, 0) is 5.75 Å². The fourth-order valence-electron chi connectivity index (χ4n) is 1.72. The molecule has 0 saturated carbocycles. The fourth-order valence-corrected chi connectivity index (χ4v) is 2.93. The Labute approximate surface area is 89.7 Å². The summed E-state index contributed by atoms with van der Waals surface area (Å²) < 4.78 is 0. The zero-order chi connectivity index (χ0) is 9.80. The van der Waals surface area contributed by atoms with Gasteiger partial charge < -0.3 is 4.90 Å². The SMILES string of the molecule is CN1CCC(SCc2ccccn2)C1. The summed E-state index contributed by atoms with van der Waals surface area (Å²) in [5.74, 6) is 1.05. The third-order valence-electron chi connectivity index (χ3n) is 2.54. The number of nitrogens with zero attached hydrogens (tertiary/aromatic N) is 2. The summed E-state index contributed by atoms with van der Waals surface area (Å²) in [5, 5.41) is 0.807. The molecule has 0 spiro atoms. The molecule has 1 aliphatic heterocycles. The summed E-state index contributed by atoms with van der Waals surface area (Å²) in [4.78, 5) is 6.72. The molecule has 1 aromatic heterocycles. The molecule has 76 valence electrons. The first-order valence-corrected chi connectivity index (χ1v) is 6.09. The molecule has 2 nitrogen and oxygen atoms in total. The molecule has 14 heavy (non-hydrogen) atoms. The number of likely N-dealkylation sites (tertiary alicyclic amines) is 1. The van der Waals surface area contributed by atoms with E-state index in [1.54, 1.807) is 0 Å². The standard InChI is InChI=1S/C11H16N2S/c1-13-7-5-11(8-13)14-9-10-4-2-3-6-12-10/h2-4,6,11H,5,7-9H2,1H3. The molecule has 1 aromatic rings. The smallest absolute Gasteiger partial charge is 0.0502 e. The van der Waals surface area contributed by atoms with Crippen LogP contribution in [0.3, 0.4) is 0 Å². The normalized spacial score (nSPS) is 22.8. The van der Waals surface area contributed by atoms with E-state index in [-0.39, 0.29) is 0 Å². The molecule has 3 heteroatoms. The molecule has 0 aromatic carbocycles. The van der Waals surface area contributed by atoms with Gasteiger partial charge in [-0.05, 0) is 32.1 Å². The van der Waals surface area contributed by atoms with Crippen LogP contribution in [0.5, 0.6) is 0 Å². The van der Waals surface area contributed by atoms with Gasteiger partial charge in [-0.15, -0.1) is 0 Å². The minimum absolute atomic E-state index is 0.807.